The summed E-state index contributed by atoms with van der Waals surface area (Å²) in [4.78, 5) is 0. The lowest BCUT2D eigenvalue weighted by Gasteiger charge is -2.11. The number of aliphatic hydroxyl groups excluding tert-OH is 1. The highest BCUT2D eigenvalue weighted by Gasteiger charge is 2.19. The first-order valence-electron chi connectivity index (χ1n) is 4.38. The maximum absolute atomic E-state index is 9.31. The summed E-state index contributed by atoms with van der Waals surface area (Å²) < 4.78 is 5.41. The summed E-state index contributed by atoms with van der Waals surface area (Å²) in [7, 11) is 0. The molecule has 3 heteroatoms. The zero-order valence-electron chi connectivity index (χ0n) is 7.58. The van der Waals surface area contributed by atoms with Gasteiger partial charge in [-0.1, -0.05) is 11.6 Å². The second kappa shape index (κ2) is 3.01. The molecule has 1 aromatic rings. The lowest BCUT2D eigenvalue weighted by atomic mass is 10.0. The van der Waals surface area contributed by atoms with E-state index < -0.39 is 6.23 Å². The van der Waals surface area contributed by atoms with E-state index in [1.165, 1.54) is 0 Å². The summed E-state index contributed by atoms with van der Waals surface area (Å²) in [5.41, 5.74) is 8.40. The number of ether oxygens (including phenoxy) is 1. The Balaban J connectivity index is 2.55. The zero-order chi connectivity index (χ0) is 9.42. The van der Waals surface area contributed by atoms with Crippen LogP contribution in [-0.4, -0.2) is 11.7 Å². The third-order valence-corrected chi connectivity index (χ3v) is 2.28. The van der Waals surface area contributed by atoms with Gasteiger partial charge in [0, 0.05) is 12.0 Å². The maximum atomic E-state index is 9.31. The fourth-order valence-corrected chi connectivity index (χ4v) is 1.72. The van der Waals surface area contributed by atoms with Crippen molar-refractivity contribution in [1.82, 2.24) is 0 Å². The van der Waals surface area contributed by atoms with E-state index in [1.54, 1.807) is 0 Å². The van der Waals surface area contributed by atoms with Crippen molar-refractivity contribution in [3.05, 3.63) is 28.8 Å². The fraction of sp³-hybridized carbons (Fsp3) is 0.400. The molecule has 1 aliphatic heterocycles. The van der Waals surface area contributed by atoms with Gasteiger partial charge in [-0.05, 0) is 18.6 Å². The molecule has 0 radical (unpaired) electrons. The number of aliphatic hydroxyl groups is 1. The minimum atomic E-state index is -0.938. The van der Waals surface area contributed by atoms with Crippen LogP contribution in [-0.2, 0) is 6.42 Å². The van der Waals surface area contributed by atoms with Crippen molar-refractivity contribution in [2.75, 3.05) is 6.61 Å². The number of hydrogen-bond acceptors (Lipinski definition) is 3. The van der Waals surface area contributed by atoms with Gasteiger partial charge >= 0.3 is 0 Å². The van der Waals surface area contributed by atoms with Gasteiger partial charge in [0.1, 0.15) is 12.0 Å². The van der Waals surface area contributed by atoms with Crippen LogP contribution >= 0.6 is 0 Å². The number of rotatable bonds is 1. The van der Waals surface area contributed by atoms with E-state index in [0.29, 0.717) is 12.2 Å². The maximum Gasteiger partial charge on any atom is 0.132 e. The second-order valence-electron chi connectivity index (χ2n) is 3.39. The van der Waals surface area contributed by atoms with Crippen molar-refractivity contribution in [3.8, 4) is 5.75 Å². The van der Waals surface area contributed by atoms with Gasteiger partial charge in [0.15, 0.2) is 0 Å². The van der Waals surface area contributed by atoms with Crippen molar-refractivity contribution in [1.29, 1.82) is 0 Å². The molecule has 0 saturated carbocycles. The number of aryl methyl sites for hydroxylation is 1. The van der Waals surface area contributed by atoms with Crippen LogP contribution in [0.4, 0.5) is 0 Å². The van der Waals surface area contributed by atoms with Gasteiger partial charge in [-0.3, -0.25) is 0 Å². The third-order valence-electron chi connectivity index (χ3n) is 2.28. The molecule has 0 fully saturated rings. The molecule has 1 atom stereocenters. The predicted molar refractivity (Wildman–Crippen MR) is 49.5 cm³/mol. The lowest BCUT2D eigenvalue weighted by Crippen LogP contribution is -2.10. The van der Waals surface area contributed by atoms with Gasteiger partial charge in [-0.15, -0.1) is 0 Å². The van der Waals surface area contributed by atoms with Crippen molar-refractivity contribution in [3.63, 3.8) is 0 Å². The molecule has 0 amide bonds. The van der Waals surface area contributed by atoms with E-state index in [1.807, 2.05) is 13.0 Å². The summed E-state index contributed by atoms with van der Waals surface area (Å²) >= 11 is 0. The van der Waals surface area contributed by atoms with Crippen LogP contribution in [0, 0.1) is 6.92 Å². The van der Waals surface area contributed by atoms with Crippen molar-refractivity contribution in [2.24, 2.45) is 5.73 Å². The van der Waals surface area contributed by atoms with Crippen LogP contribution in [0.1, 0.15) is 22.9 Å². The van der Waals surface area contributed by atoms with Crippen LogP contribution in [0.25, 0.3) is 0 Å². The number of nitrogens with two attached hydrogens (primary N) is 1. The average molecular weight is 179 g/mol. The van der Waals surface area contributed by atoms with E-state index in [-0.39, 0.29) is 0 Å². The summed E-state index contributed by atoms with van der Waals surface area (Å²) in [6.45, 7) is 2.68. The quantitative estimate of drug-likeness (QED) is 0.629. The number of fused-ring (bicyclic) bond motifs is 1. The first-order valence-corrected chi connectivity index (χ1v) is 4.38. The monoisotopic (exact) mass is 179 g/mol. The smallest absolute Gasteiger partial charge is 0.132 e. The van der Waals surface area contributed by atoms with Gasteiger partial charge in [0.25, 0.3) is 0 Å². The van der Waals surface area contributed by atoms with E-state index in [9.17, 15) is 5.11 Å². The Kier molecular flexibility index (Phi) is 1.98. The average Bonchev–Trinajstić information content (AvgIpc) is 2.49. The SMILES string of the molecule is Cc1cc2c(c(C(N)O)c1)OCC2. The molecule has 1 aliphatic rings. The van der Waals surface area contributed by atoms with E-state index in [0.717, 1.165) is 23.3 Å². The number of benzene rings is 1. The van der Waals surface area contributed by atoms with Crippen LogP contribution in [0.3, 0.4) is 0 Å². The molecule has 0 aromatic heterocycles. The van der Waals surface area contributed by atoms with Crippen LogP contribution in [0.5, 0.6) is 5.75 Å². The molecule has 0 saturated heterocycles. The standard InChI is InChI=1S/C10H13NO2/c1-6-4-7-2-3-13-9(7)8(5-6)10(11)12/h4-5,10,12H,2-3,11H2,1H3. The highest BCUT2D eigenvalue weighted by atomic mass is 16.5. The summed E-state index contributed by atoms with van der Waals surface area (Å²) in [5.74, 6) is 0.778. The fourth-order valence-electron chi connectivity index (χ4n) is 1.72. The highest BCUT2D eigenvalue weighted by molar-refractivity contribution is 5.47. The molecule has 3 N–H and O–H groups in total. The molecule has 0 aliphatic carbocycles. The molecule has 3 nitrogen and oxygen atoms in total. The summed E-state index contributed by atoms with van der Waals surface area (Å²) in [6, 6.07) is 3.95. The molecule has 1 aromatic carbocycles. The Hall–Kier alpha value is -1.06. The van der Waals surface area contributed by atoms with Crippen molar-refractivity contribution >= 4 is 0 Å². The van der Waals surface area contributed by atoms with Crippen LogP contribution in [0.2, 0.25) is 0 Å². The predicted octanol–water partition coefficient (Wildman–Crippen LogP) is 0.880. The summed E-state index contributed by atoms with van der Waals surface area (Å²) in [6.07, 6.45) is -0.0248. The zero-order valence-corrected chi connectivity index (χ0v) is 7.58. The van der Waals surface area contributed by atoms with E-state index in [2.05, 4.69) is 6.07 Å². The molecule has 1 unspecified atom stereocenters. The summed E-state index contributed by atoms with van der Waals surface area (Å²) in [5, 5.41) is 9.31. The third kappa shape index (κ3) is 1.41. The van der Waals surface area contributed by atoms with Gasteiger partial charge in [-0.25, -0.2) is 0 Å². The molecule has 70 valence electrons. The topological polar surface area (TPSA) is 55.5 Å². The Bertz CT molecular complexity index is 334. The van der Waals surface area contributed by atoms with Gasteiger partial charge in [0.05, 0.1) is 6.61 Å². The second-order valence-corrected chi connectivity index (χ2v) is 3.39. The first kappa shape index (κ1) is 8.53. The Labute approximate surface area is 77.1 Å². The molecular formula is C10H13NO2. The first-order chi connectivity index (χ1) is 6.18. The van der Waals surface area contributed by atoms with Crippen LogP contribution < -0.4 is 10.5 Å². The van der Waals surface area contributed by atoms with E-state index in [4.69, 9.17) is 10.5 Å². The Morgan fingerprint density at radius 2 is 2.31 bits per heavy atom. The van der Waals surface area contributed by atoms with E-state index >= 15 is 0 Å². The van der Waals surface area contributed by atoms with Crippen molar-refractivity contribution in [2.45, 2.75) is 19.6 Å². The molecule has 13 heavy (non-hydrogen) atoms. The number of hydrogen-bond donors (Lipinski definition) is 2. The molecule has 0 bridgehead atoms. The van der Waals surface area contributed by atoms with Crippen LogP contribution in [0.15, 0.2) is 12.1 Å². The van der Waals surface area contributed by atoms with Gasteiger partial charge in [-0.2, -0.15) is 0 Å². The molecule has 1 heterocycles. The molecular weight excluding hydrogens is 166 g/mol. The van der Waals surface area contributed by atoms with Gasteiger partial charge in [0.2, 0.25) is 0 Å². The van der Waals surface area contributed by atoms with Crippen molar-refractivity contribution < 1.29 is 9.84 Å². The molecule has 2 rings (SSSR count). The Morgan fingerprint density at radius 3 is 3.00 bits per heavy atom. The minimum Gasteiger partial charge on any atom is -0.493 e. The largest absolute Gasteiger partial charge is 0.493 e. The lowest BCUT2D eigenvalue weighted by molar-refractivity contribution is 0.181. The Morgan fingerprint density at radius 1 is 1.54 bits per heavy atom. The normalized spacial score (nSPS) is 16.5. The van der Waals surface area contributed by atoms with Gasteiger partial charge < -0.3 is 15.6 Å². The highest BCUT2D eigenvalue weighted by Crippen LogP contribution is 2.33. The molecule has 0 spiro atoms. The minimum absolute atomic E-state index is 0.693.